The summed E-state index contributed by atoms with van der Waals surface area (Å²) in [5, 5.41) is 0. The van der Waals surface area contributed by atoms with Crippen molar-refractivity contribution in [2.75, 3.05) is 0 Å². The molecule has 0 aromatic heterocycles. The van der Waals surface area contributed by atoms with Gasteiger partial charge in [-0.05, 0) is 18.2 Å². The van der Waals surface area contributed by atoms with Gasteiger partial charge >= 0.3 is 0 Å². The van der Waals surface area contributed by atoms with Gasteiger partial charge in [-0.2, -0.15) is 0 Å². The summed E-state index contributed by atoms with van der Waals surface area (Å²) >= 11 is 0. The number of halogens is 2. The van der Waals surface area contributed by atoms with Gasteiger partial charge in [0.15, 0.2) is 0 Å². The molecule has 1 aromatic carbocycles. The van der Waals surface area contributed by atoms with Gasteiger partial charge in [-0.3, -0.25) is 0 Å². The lowest BCUT2D eigenvalue weighted by Gasteiger charge is -2.26. The highest BCUT2D eigenvalue weighted by Gasteiger charge is 2.29. The summed E-state index contributed by atoms with van der Waals surface area (Å²) in [4.78, 5) is 0. The van der Waals surface area contributed by atoms with Gasteiger partial charge in [0.05, 0.1) is 5.56 Å². The lowest BCUT2D eigenvalue weighted by atomic mass is 9.97. The highest BCUT2D eigenvalue weighted by Crippen LogP contribution is 2.39. The van der Waals surface area contributed by atoms with Crippen LogP contribution < -0.4 is 4.74 Å². The van der Waals surface area contributed by atoms with Crippen LogP contribution in [0.4, 0.5) is 8.78 Å². The van der Waals surface area contributed by atoms with Gasteiger partial charge in [-0.25, -0.2) is 8.78 Å². The van der Waals surface area contributed by atoms with E-state index in [1.807, 2.05) is 0 Å². The maximum absolute atomic E-state index is 14.0. The summed E-state index contributed by atoms with van der Waals surface area (Å²) in [5.74, 6) is -0.875. The number of hydrogen-bond acceptors (Lipinski definition) is 1. The van der Waals surface area contributed by atoms with Crippen molar-refractivity contribution in [1.29, 1.82) is 0 Å². The Hall–Kier alpha value is -1.90. The molecule has 0 saturated heterocycles. The van der Waals surface area contributed by atoms with Crippen LogP contribution in [0.1, 0.15) is 5.56 Å². The molecule has 1 aromatic rings. The molecule has 3 rings (SSSR count). The molecule has 0 N–H and O–H groups in total. The summed E-state index contributed by atoms with van der Waals surface area (Å²) in [5.41, 5.74) is 0.300. The summed E-state index contributed by atoms with van der Waals surface area (Å²) in [6, 6.07) is 4.31. The Labute approximate surface area is 91.4 Å². The molecule has 2 aliphatic rings. The van der Waals surface area contributed by atoms with E-state index in [4.69, 9.17) is 4.74 Å². The zero-order valence-corrected chi connectivity index (χ0v) is 8.28. The molecule has 0 bridgehead atoms. The van der Waals surface area contributed by atoms with Crippen LogP contribution >= 0.6 is 0 Å². The molecule has 0 spiro atoms. The first kappa shape index (κ1) is 9.33. The van der Waals surface area contributed by atoms with Crippen molar-refractivity contribution in [1.82, 2.24) is 0 Å². The molecule has 1 nitrogen and oxygen atoms in total. The first-order chi connectivity index (χ1) is 7.77. The second-order valence-corrected chi connectivity index (χ2v) is 3.66. The van der Waals surface area contributed by atoms with Crippen LogP contribution in [0, 0.1) is 5.82 Å². The van der Waals surface area contributed by atoms with E-state index in [1.54, 1.807) is 30.4 Å². The molecule has 80 valence electrons. The standard InChI is InChI=1S/C13H8F2O/c14-9-5-3-7-11-12(9)13(15)8-4-1-2-6-10(8)16-11/h1-7,10H. The highest BCUT2D eigenvalue weighted by molar-refractivity contribution is 5.74. The summed E-state index contributed by atoms with van der Waals surface area (Å²) in [7, 11) is 0. The SMILES string of the molecule is FC1=C2C=CC=CC2Oc2cccc(F)c21. The number of rotatable bonds is 0. The van der Waals surface area contributed by atoms with E-state index < -0.39 is 17.7 Å². The molecule has 16 heavy (non-hydrogen) atoms. The van der Waals surface area contributed by atoms with Crippen molar-refractivity contribution in [3.63, 3.8) is 0 Å². The summed E-state index contributed by atoms with van der Waals surface area (Å²) < 4.78 is 33.0. The lowest BCUT2D eigenvalue weighted by molar-refractivity contribution is 0.276. The average molecular weight is 218 g/mol. The van der Waals surface area contributed by atoms with Crippen LogP contribution in [0.15, 0.2) is 48.1 Å². The minimum Gasteiger partial charge on any atom is -0.481 e. The Morgan fingerprint density at radius 1 is 1.12 bits per heavy atom. The molecular formula is C13H8F2O. The first-order valence-electron chi connectivity index (χ1n) is 4.97. The van der Waals surface area contributed by atoms with E-state index in [2.05, 4.69) is 0 Å². The van der Waals surface area contributed by atoms with Crippen molar-refractivity contribution in [3.05, 3.63) is 59.5 Å². The molecule has 3 heteroatoms. The topological polar surface area (TPSA) is 9.23 Å². The van der Waals surface area contributed by atoms with Crippen molar-refractivity contribution in [2.45, 2.75) is 6.10 Å². The van der Waals surface area contributed by atoms with Crippen LogP contribution in [0.2, 0.25) is 0 Å². The van der Waals surface area contributed by atoms with Gasteiger partial charge in [-0.15, -0.1) is 0 Å². The quantitative estimate of drug-likeness (QED) is 0.648. The summed E-state index contributed by atoms with van der Waals surface area (Å²) in [6.45, 7) is 0. The maximum atomic E-state index is 14.0. The monoisotopic (exact) mass is 218 g/mol. The van der Waals surface area contributed by atoms with Gasteiger partial charge in [0.1, 0.15) is 23.5 Å². The van der Waals surface area contributed by atoms with E-state index >= 15 is 0 Å². The van der Waals surface area contributed by atoms with Gasteiger partial charge in [-0.1, -0.05) is 24.3 Å². The number of benzene rings is 1. The number of fused-ring (bicyclic) bond motifs is 2. The third-order valence-corrected chi connectivity index (χ3v) is 2.68. The van der Waals surface area contributed by atoms with E-state index in [-0.39, 0.29) is 11.3 Å². The molecule has 1 aliphatic carbocycles. The smallest absolute Gasteiger partial charge is 0.145 e. The van der Waals surface area contributed by atoms with E-state index in [0.29, 0.717) is 5.57 Å². The Balaban J connectivity index is 2.25. The third kappa shape index (κ3) is 1.21. The summed E-state index contributed by atoms with van der Waals surface area (Å²) in [6.07, 6.45) is 6.39. The van der Waals surface area contributed by atoms with Crippen LogP contribution in [0.25, 0.3) is 5.83 Å². The minimum atomic E-state index is -0.594. The Kier molecular flexibility index (Phi) is 1.93. The molecule has 0 fully saturated rings. The molecule has 1 atom stereocenters. The minimum absolute atomic E-state index is 0.0753. The van der Waals surface area contributed by atoms with Gasteiger partial charge in [0.25, 0.3) is 0 Å². The number of allylic oxidation sites excluding steroid dienone is 2. The molecule has 1 aliphatic heterocycles. The predicted octanol–water partition coefficient (Wildman–Crippen LogP) is 3.39. The number of ether oxygens (including phenoxy) is 1. The predicted molar refractivity (Wildman–Crippen MR) is 57.1 cm³/mol. The Morgan fingerprint density at radius 3 is 2.88 bits per heavy atom. The number of hydrogen-bond donors (Lipinski definition) is 0. The molecule has 1 heterocycles. The van der Waals surface area contributed by atoms with E-state index in [1.165, 1.54) is 12.1 Å². The van der Waals surface area contributed by atoms with Crippen molar-refractivity contribution >= 4 is 5.83 Å². The van der Waals surface area contributed by atoms with Crippen molar-refractivity contribution in [2.24, 2.45) is 0 Å². The largest absolute Gasteiger partial charge is 0.481 e. The lowest BCUT2D eigenvalue weighted by Crippen LogP contribution is -2.22. The molecule has 1 unspecified atom stereocenters. The molecule has 0 radical (unpaired) electrons. The van der Waals surface area contributed by atoms with Crippen LogP contribution in [-0.4, -0.2) is 6.10 Å². The zero-order chi connectivity index (χ0) is 11.1. The fraction of sp³-hybridized carbons (Fsp3) is 0.0769. The zero-order valence-electron chi connectivity index (χ0n) is 8.28. The normalized spacial score (nSPS) is 21.5. The maximum Gasteiger partial charge on any atom is 0.145 e. The fourth-order valence-corrected chi connectivity index (χ4v) is 1.92. The highest BCUT2D eigenvalue weighted by atomic mass is 19.1. The average Bonchev–Trinajstić information content (AvgIpc) is 2.29. The Morgan fingerprint density at radius 2 is 2.00 bits per heavy atom. The van der Waals surface area contributed by atoms with Gasteiger partial charge in [0, 0.05) is 5.57 Å². The van der Waals surface area contributed by atoms with Crippen molar-refractivity contribution in [3.8, 4) is 5.75 Å². The third-order valence-electron chi connectivity index (χ3n) is 2.68. The van der Waals surface area contributed by atoms with Crippen LogP contribution in [0.3, 0.4) is 0 Å². The molecule has 0 saturated carbocycles. The molecular weight excluding hydrogens is 210 g/mol. The second-order valence-electron chi connectivity index (χ2n) is 3.66. The van der Waals surface area contributed by atoms with Crippen molar-refractivity contribution < 1.29 is 13.5 Å². The van der Waals surface area contributed by atoms with Crippen LogP contribution in [0.5, 0.6) is 5.75 Å². The van der Waals surface area contributed by atoms with Gasteiger partial charge < -0.3 is 4.74 Å². The first-order valence-corrected chi connectivity index (χ1v) is 4.97. The van der Waals surface area contributed by atoms with Gasteiger partial charge in [0.2, 0.25) is 0 Å². The fourth-order valence-electron chi connectivity index (χ4n) is 1.92. The molecule has 0 amide bonds. The van der Waals surface area contributed by atoms with E-state index in [9.17, 15) is 8.78 Å². The second kappa shape index (κ2) is 3.30. The van der Waals surface area contributed by atoms with E-state index in [0.717, 1.165) is 0 Å². The van der Waals surface area contributed by atoms with Crippen LogP contribution in [-0.2, 0) is 0 Å². The Bertz CT molecular complexity index is 541.